The number of hydrogen-bond donors (Lipinski definition) is 3. The van der Waals surface area contributed by atoms with Gasteiger partial charge in [0, 0.05) is 0 Å². The van der Waals surface area contributed by atoms with Crippen molar-refractivity contribution < 1.29 is 24.5 Å². The highest BCUT2D eigenvalue weighted by Crippen LogP contribution is 2.19. The van der Waals surface area contributed by atoms with Crippen LogP contribution in [0.1, 0.15) is 34.1 Å². The standard InChI is InChI=1S/C10H19NO5/c1-5-6(11)10(15,7(12)13)8(14)16-9(2,3)4/h6,15H,5,11H2,1-4H3,(H,12,13). The van der Waals surface area contributed by atoms with E-state index in [-0.39, 0.29) is 6.42 Å². The minimum Gasteiger partial charge on any atom is -0.479 e. The maximum absolute atomic E-state index is 11.6. The number of rotatable bonds is 4. The molecule has 0 saturated carbocycles. The number of carbonyl (C=O) groups is 2. The Hall–Kier alpha value is -1.14. The molecule has 0 aliphatic rings. The zero-order chi connectivity index (χ0) is 13.1. The molecule has 0 spiro atoms. The van der Waals surface area contributed by atoms with Crippen LogP contribution in [0.5, 0.6) is 0 Å². The average Bonchev–Trinajstić information content (AvgIpc) is 2.11. The van der Waals surface area contributed by atoms with Gasteiger partial charge in [0.05, 0.1) is 6.04 Å². The van der Waals surface area contributed by atoms with Gasteiger partial charge in [-0.3, -0.25) is 0 Å². The van der Waals surface area contributed by atoms with Crippen LogP contribution < -0.4 is 5.73 Å². The molecule has 0 radical (unpaired) electrons. The quantitative estimate of drug-likeness (QED) is 0.461. The van der Waals surface area contributed by atoms with Crippen molar-refractivity contribution in [3.05, 3.63) is 0 Å². The van der Waals surface area contributed by atoms with Crippen molar-refractivity contribution in [2.24, 2.45) is 5.73 Å². The molecule has 0 saturated heterocycles. The summed E-state index contributed by atoms with van der Waals surface area (Å²) in [6.45, 7) is 6.29. The van der Waals surface area contributed by atoms with Crippen molar-refractivity contribution in [2.45, 2.75) is 51.4 Å². The smallest absolute Gasteiger partial charge is 0.352 e. The van der Waals surface area contributed by atoms with Crippen molar-refractivity contribution in [2.75, 3.05) is 0 Å². The molecule has 0 heterocycles. The Bertz CT molecular complexity index is 283. The molecule has 4 N–H and O–H groups in total. The molecule has 6 heteroatoms. The molecule has 94 valence electrons. The van der Waals surface area contributed by atoms with Gasteiger partial charge in [-0.15, -0.1) is 0 Å². The van der Waals surface area contributed by atoms with E-state index in [1.54, 1.807) is 27.7 Å². The summed E-state index contributed by atoms with van der Waals surface area (Å²) in [5.74, 6) is -2.93. The van der Waals surface area contributed by atoms with Crippen molar-refractivity contribution in [3.63, 3.8) is 0 Å². The van der Waals surface area contributed by atoms with Crippen molar-refractivity contribution in [3.8, 4) is 0 Å². The highest BCUT2D eigenvalue weighted by molar-refractivity contribution is 6.03. The van der Waals surface area contributed by atoms with Crippen LogP contribution in [-0.2, 0) is 14.3 Å². The molecule has 0 aromatic heterocycles. The van der Waals surface area contributed by atoms with Crippen molar-refractivity contribution >= 4 is 11.9 Å². The minimum absolute atomic E-state index is 0.141. The molecule has 0 aromatic carbocycles. The number of carboxylic acid groups (broad SMARTS) is 1. The summed E-state index contributed by atoms with van der Waals surface area (Å²) < 4.78 is 4.84. The molecule has 0 aliphatic heterocycles. The number of carboxylic acids is 1. The molecule has 0 aromatic rings. The molecule has 16 heavy (non-hydrogen) atoms. The molecule has 2 atom stereocenters. The number of hydrogen-bond acceptors (Lipinski definition) is 5. The zero-order valence-corrected chi connectivity index (χ0v) is 9.98. The lowest BCUT2D eigenvalue weighted by Crippen LogP contribution is -2.61. The largest absolute Gasteiger partial charge is 0.479 e. The van der Waals surface area contributed by atoms with E-state index in [1.165, 1.54) is 0 Å². The third-order valence-corrected chi connectivity index (χ3v) is 2.01. The molecule has 6 nitrogen and oxygen atoms in total. The van der Waals surface area contributed by atoms with Gasteiger partial charge in [-0.05, 0) is 27.2 Å². The van der Waals surface area contributed by atoms with Crippen LogP contribution in [0.2, 0.25) is 0 Å². The molecule has 0 rings (SSSR count). The van der Waals surface area contributed by atoms with Gasteiger partial charge in [0.15, 0.2) is 0 Å². The van der Waals surface area contributed by atoms with Gasteiger partial charge < -0.3 is 20.7 Å². The Morgan fingerprint density at radius 2 is 1.81 bits per heavy atom. The fourth-order valence-electron chi connectivity index (χ4n) is 1.05. The number of carbonyl (C=O) groups excluding carboxylic acids is 1. The van der Waals surface area contributed by atoms with E-state index in [1.807, 2.05) is 0 Å². The van der Waals surface area contributed by atoms with Crippen LogP contribution in [0.3, 0.4) is 0 Å². The van der Waals surface area contributed by atoms with Gasteiger partial charge in [-0.2, -0.15) is 0 Å². The summed E-state index contributed by atoms with van der Waals surface area (Å²) in [5.41, 5.74) is 1.87. The van der Waals surface area contributed by atoms with E-state index in [9.17, 15) is 14.7 Å². The first-order valence-corrected chi connectivity index (χ1v) is 5.00. The Morgan fingerprint density at radius 3 is 2.06 bits per heavy atom. The minimum atomic E-state index is -2.69. The molecule has 0 fully saturated rings. The summed E-state index contributed by atoms with van der Waals surface area (Å²) in [7, 11) is 0. The number of ether oxygens (including phenoxy) is 1. The van der Waals surface area contributed by atoms with E-state index in [0.29, 0.717) is 0 Å². The van der Waals surface area contributed by atoms with Crippen LogP contribution in [0.4, 0.5) is 0 Å². The summed E-state index contributed by atoms with van der Waals surface area (Å²) in [6.07, 6.45) is 0.141. The van der Waals surface area contributed by atoms with Crippen LogP contribution in [0.15, 0.2) is 0 Å². The van der Waals surface area contributed by atoms with Gasteiger partial charge >= 0.3 is 11.9 Å². The summed E-state index contributed by atoms with van der Waals surface area (Å²) in [5, 5.41) is 18.7. The first-order valence-electron chi connectivity index (χ1n) is 5.00. The SMILES string of the molecule is CCC(N)C(O)(C(=O)O)C(=O)OC(C)(C)C. The fourth-order valence-corrected chi connectivity index (χ4v) is 1.05. The highest BCUT2D eigenvalue weighted by Gasteiger charge is 2.51. The number of aliphatic hydroxyl groups is 1. The molecule has 0 aliphatic carbocycles. The predicted octanol–water partition coefficient (Wildman–Crippen LogP) is -0.119. The average molecular weight is 233 g/mol. The molecule has 2 unspecified atom stereocenters. The van der Waals surface area contributed by atoms with Crippen molar-refractivity contribution in [1.82, 2.24) is 0 Å². The first kappa shape index (κ1) is 14.9. The van der Waals surface area contributed by atoms with E-state index < -0.39 is 29.2 Å². The van der Waals surface area contributed by atoms with Gasteiger partial charge in [0.2, 0.25) is 0 Å². The predicted molar refractivity (Wildman–Crippen MR) is 56.7 cm³/mol. The Balaban J connectivity index is 5.08. The Kier molecular flexibility index (Phi) is 4.45. The maximum Gasteiger partial charge on any atom is 0.352 e. The number of nitrogens with two attached hydrogens (primary N) is 1. The Labute approximate surface area is 94.4 Å². The van der Waals surface area contributed by atoms with E-state index in [0.717, 1.165) is 0 Å². The van der Waals surface area contributed by atoms with E-state index in [4.69, 9.17) is 15.6 Å². The van der Waals surface area contributed by atoms with Crippen LogP contribution in [0.25, 0.3) is 0 Å². The monoisotopic (exact) mass is 233 g/mol. The van der Waals surface area contributed by atoms with Gasteiger partial charge in [0.1, 0.15) is 5.60 Å². The van der Waals surface area contributed by atoms with Gasteiger partial charge in [-0.1, -0.05) is 6.92 Å². The third kappa shape index (κ3) is 3.18. The van der Waals surface area contributed by atoms with Gasteiger partial charge in [-0.25, -0.2) is 9.59 Å². The molecular formula is C10H19NO5. The second-order valence-electron chi connectivity index (χ2n) is 4.59. The lowest BCUT2D eigenvalue weighted by Gasteiger charge is -2.30. The fraction of sp³-hybridized carbons (Fsp3) is 0.800. The molecular weight excluding hydrogens is 214 g/mol. The normalized spacial score (nSPS) is 17.4. The first-order chi connectivity index (χ1) is 7.05. The second kappa shape index (κ2) is 4.80. The topological polar surface area (TPSA) is 110 Å². The number of aliphatic carboxylic acids is 1. The van der Waals surface area contributed by atoms with Crippen LogP contribution in [-0.4, -0.2) is 39.4 Å². The zero-order valence-electron chi connectivity index (χ0n) is 9.98. The lowest BCUT2D eigenvalue weighted by atomic mass is 9.92. The highest BCUT2D eigenvalue weighted by atomic mass is 16.6. The van der Waals surface area contributed by atoms with E-state index in [2.05, 4.69) is 0 Å². The summed E-state index contributed by atoms with van der Waals surface area (Å²) in [4.78, 5) is 22.5. The number of esters is 1. The molecule has 0 bridgehead atoms. The second-order valence-corrected chi connectivity index (χ2v) is 4.59. The third-order valence-electron chi connectivity index (χ3n) is 2.01. The van der Waals surface area contributed by atoms with Crippen molar-refractivity contribution in [1.29, 1.82) is 0 Å². The van der Waals surface area contributed by atoms with Crippen LogP contribution >= 0.6 is 0 Å². The van der Waals surface area contributed by atoms with Gasteiger partial charge in [0.25, 0.3) is 5.60 Å². The summed E-state index contributed by atoms with van der Waals surface area (Å²) in [6, 6.07) is -1.21. The molecule has 0 amide bonds. The van der Waals surface area contributed by atoms with E-state index >= 15 is 0 Å². The lowest BCUT2D eigenvalue weighted by molar-refractivity contribution is -0.190. The Morgan fingerprint density at radius 1 is 1.38 bits per heavy atom. The maximum atomic E-state index is 11.6. The summed E-state index contributed by atoms with van der Waals surface area (Å²) >= 11 is 0. The van der Waals surface area contributed by atoms with Crippen LogP contribution in [0, 0.1) is 0 Å².